The lowest BCUT2D eigenvalue weighted by molar-refractivity contribution is 0.0948. The van der Waals surface area contributed by atoms with Crippen LogP contribution in [0.4, 0.5) is 0 Å². The fourth-order valence-corrected chi connectivity index (χ4v) is 2.92. The van der Waals surface area contributed by atoms with Gasteiger partial charge in [-0.3, -0.25) is 4.79 Å². The summed E-state index contributed by atoms with van der Waals surface area (Å²) in [7, 11) is 0. The summed E-state index contributed by atoms with van der Waals surface area (Å²) < 4.78 is 11.2. The molecule has 0 saturated carbocycles. The summed E-state index contributed by atoms with van der Waals surface area (Å²) in [6, 6.07) is 9.68. The molecule has 0 fully saturated rings. The van der Waals surface area contributed by atoms with Gasteiger partial charge >= 0.3 is 0 Å². The van der Waals surface area contributed by atoms with Crippen LogP contribution in [0.15, 0.2) is 41.1 Å². The highest BCUT2D eigenvalue weighted by molar-refractivity contribution is 5.96. The molecule has 1 aromatic carbocycles. The van der Waals surface area contributed by atoms with Crippen molar-refractivity contribution in [3.05, 3.63) is 70.2 Å². The normalized spacial score (nSPS) is 10.7. The molecule has 0 saturated heterocycles. The maximum Gasteiger partial charge on any atom is 0.257 e. The maximum atomic E-state index is 12.6. The van der Waals surface area contributed by atoms with Crippen molar-refractivity contribution in [3.8, 4) is 11.6 Å². The lowest BCUT2D eigenvalue weighted by Crippen LogP contribution is -2.24. The molecule has 2 heterocycles. The topological polar surface area (TPSA) is 77.3 Å². The van der Waals surface area contributed by atoms with Crippen molar-refractivity contribution in [2.45, 2.75) is 40.7 Å². The average Bonchev–Trinajstić information content (AvgIpc) is 3.04. The first-order chi connectivity index (χ1) is 13.0. The Hall–Kier alpha value is -3.15. The van der Waals surface area contributed by atoms with Crippen LogP contribution in [-0.2, 0) is 13.0 Å². The molecule has 140 valence electrons. The summed E-state index contributed by atoms with van der Waals surface area (Å²) in [5.41, 5.74) is 4.01. The van der Waals surface area contributed by atoms with Gasteiger partial charge in [0.2, 0.25) is 5.88 Å². The standard InChI is InChI=1S/C21H23N3O3/c1-5-17-18(15(4)27-24-17)20(25)23-12-16-10-7-11-22-21(16)26-19-13(2)8-6-9-14(19)3/h6-11H,5,12H2,1-4H3,(H,23,25). The van der Waals surface area contributed by atoms with Crippen molar-refractivity contribution in [2.24, 2.45) is 0 Å². The molecule has 3 aromatic rings. The molecule has 0 unspecified atom stereocenters. The van der Waals surface area contributed by atoms with Gasteiger partial charge in [0.15, 0.2) is 0 Å². The summed E-state index contributed by atoms with van der Waals surface area (Å²) in [5.74, 6) is 1.56. The Kier molecular flexibility index (Phi) is 5.54. The van der Waals surface area contributed by atoms with Crippen molar-refractivity contribution in [2.75, 3.05) is 0 Å². The SMILES string of the molecule is CCc1noc(C)c1C(=O)NCc1cccnc1Oc1c(C)cccc1C. The van der Waals surface area contributed by atoms with Gasteiger partial charge < -0.3 is 14.6 Å². The third-order valence-electron chi connectivity index (χ3n) is 4.39. The molecule has 1 amide bonds. The number of hydrogen-bond donors (Lipinski definition) is 1. The number of nitrogens with zero attached hydrogens (tertiary/aromatic N) is 2. The first-order valence-corrected chi connectivity index (χ1v) is 8.92. The summed E-state index contributed by atoms with van der Waals surface area (Å²) in [6.45, 7) is 7.95. The molecule has 0 atom stereocenters. The molecule has 0 aliphatic rings. The lowest BCUT2D eigenvalue weighted by atomic mass is 10.1. The molecule has 0 spiro atoms. The molecule has 0 aliphatic heterocycles. The van der Waals surface area contributed by atoms with Gasteiger partial charge in [-0.1, -0.05) is 36.3 Å². The van der Waals surface area contributed by atoms with Gasteiger partial charge in [0.25, 0.3) is 5.91 Å². The van der Waals surface area contributed by atoms with Crippen LogP contribution < -0.4 is 10.1 Å². The Balaban J connectivity index is 1.79. The molecule has 1 N–H and O–H groups in total. The van der Waals surface area contributed by atoms with Crippen LogP contribution in [0.1, 0.15) is 45.4 Å². The highest BCUT2D eigenvalue weighted by atomic mass is 16.5. The fraction of sp³-hybridized carbons (Fsp3) is 0.286. The van der Waals surface area contributed by atoms with Gasteiger partial charge in [0.1, 0.15) is 17.1 Å². The molecule has 2 aromatic heterocycles. The minimum Gasteiger partial charge on any atom is -0.438 e. The lowest BCUT2D eigenvalue weighted by Gasteiger charge is -2.14. The van der Waals surface area contributed by atoms with E-state index in [0.29, 0.717) is 35.9 Å². The van der Waals surface area contributed by atoms with Crippen LogP contribution in [0.2, 0.25) is 0 Å². The Morgan fingerprint density at radius 2 is 1.89 bits per heavy atom. The third-order valence-corrected chi connectivity index (χ3v) is 4.39. The molecule has 0 radical (unpaired) electrons. The second kappa shape index (κ2) is 8.03. The van der Waals surface area contributed by atoms with Crippen LogP contribution in [0, 0.1) is 20.8 Å². The monoisotopic (exact) mass is 365 g/mol. The zero-order valence-corrected chi connectivity index (χ0v) is 16.0. The minimum absolute atomic E-state index is 0.215. The van der Waals surface area contributed by atoms with Gasteiger partial charge in [0.05, 0.1) is 5.69 Å². The molecule has 0 aliphatic carbocycles. The maximum absolute atomic E-state index is 12.6. The van der Waals surface area contributed by atoms with E-state index in [2.05, 4.69) is 15.5 Å². The fourth-order valence-electron chi connectivity index (χ4n) is 2.92. The Morgan fingerprint density at radius 3 is 2.59 bits per heavy atom. The van der Waals surface area contributed by atoms with E-state index in [1.54, 1.807) is 13.1 Å². The number of hydrogen-bond acceptors (Lipinski definition) is 5. The van der Waals surface area contributed by atoms with Crippen LogP contribution in [0.5, 0.6) is 11.6 Å². The van der Waals surface area contributed by atoms with Gasteiger partial charge in [-0.2, -0.15) is 0 Å². The number of carbonyl (C=O) groups excluding carboxylic acids is 1. The van der Waals surface area contributed by atoms with Crippen LogP contribution >= 0.6 is 0 Å². The number of benzene rings is 1. The van der Waals surface area contributed by atoms with Crippen LogP contribution in [0.25, 0.3) is 0 Å². The largest absolute Gasteiger partial charge is 0.438 e. The summed E-state index contributed by atoms with van der Waals surface area (Å²) in [5, 5.41) is 6.84. The first kappa shape index (κ1) is 18.6. The van der Waals surface area contributed by atoms with Gasteiger partial charge in [-0.05, 0) is 44.4 Å². The Morgan fingerprint density at radius 1 is 1.15 bits per heavy atom. The highest BCUT2D eigenvalue weighted by Crippen LogP contribution is 2.29. The van der Waals surface area contributed by atoms with E-state index in [9.17, 15) is 4.79 Å². The van der Waals surface area contributed by atoms with E-state index in [-0.39, 0.29) is 5.91 Å². The van der Waals surface area contributed by atoms with Crippen molar-refractivity contribution < 1.29 is 14.1 Å². The van der Waals surface area contributed by atoms with Gasteiger partial charge in [0, 0.05) is 18.3 Å². The number of carbonyl (C=O) groups is 1. The van der Waals surface area contributed by atoms with Gasteiger partial charge in [-0.25, -0.2) is 4.98 Å². The van der Waals surface area contributed by atoms with E-state index in [4.69, 9.17) is 9.26 Å². The van der Waals surface area contributed by atoms with Crippen molar-refractivity contribution in [3.63, 3.8) is 0 Å². The quantitative estimate of drug-likeness (QED) is 0.705. The summed E-state index contributed by atoms with van der Waals surface area (Å²) in [4.78, 5) is 16.9. The van der Waals surface area contributed by atoms with E-state index < -0.39 is 0 Å². The third kappa shape index (κ3) is 4.00. The van der Waals surface area contributed by atoms with Crippen molar-refractivity contribution >= 4 is 5.91 Å². The second-order valence-electron chi connectivity index (χ2n) is 6.39. The predicted octanol–water partition coefficient (Wildman–Crippen LogP) is 4.28. The molecular weight excluding hydrogens is 342 g/mol. The molecule has 3 rings (SSSR count). The van der Waals surface area contributed by atoms with Gasteiger partial charge in [-0.15, -0.1) is 0 Å². The van der Waals surface area contributed by atoms with Crippen LogP contribution in [0.3, 0.4) is 0 Å². The second-order valence-corrected chi connectivity index (χ2v) is 6.39. The van der Waals surface area contributed by atoms with E-state index in [1.807, 2.05) is 51.1 Å². The predicted molar refractivity (Wildman–Crippen MR) is 102 cm³/mol. The van der Waals surface area contributed by atoms with Crippen molar-refractivity contribution in [1.29, 1.82) is 0 Å². The number of nitrogens with one attached hydrogen (secondary N) is 1. The highest BCUT2D eigenvalue weighted by Gasteiger charge is 2.19. The smallest absolute Gasteiger partial charge is 0.257 e. The number of rotatable bonds is 6. The molecule has 0 bridgehead atoms. The number of amides is 1. The van der Waals surface area contributed by atoms with Crippen molar-refractivity contribution in [1.82, 2.24) is 15.5 Å². The zero-order valence-electron chi connectivity index (χ0n) is 16.0. The van der Waals surface area contributed by atoms with E-state index in [1.165, 1.54) is 0 Å². The first-order valence-electron chi connectivity index (χ1n) is 8.92. The molecule has 6 nitrogen and oxygen atoms in total. The molecule has 27 heavy (non-hydrogen) atoms. The van der Waals surface area contributed by atoms with E-state index in [0.717, 1.165) is 22.4 Å². The molecule has 6 heteroatoms. The zero-order chi connectivity index (χ0) is 19.4. The average molecular weight is 365 g/mol. The molecular formula is C21H23N3O3. The van der Waals surface area contributed by atoms with E-state index >= 15 is 0 Å². The Labute approximate surface area is 158 Å². The number of pyridine rings is 1. The number of para-hydroxylation sites is 1. The number of aryl methyl sites for hydroxylation is 4. The number of aromatic nitrogens is 2. The number of ether oxygens (including phenoxy) is 1. The summed E-state index contributed by atoms with van der Waals surface area (Å²) >= 11 is 0. The summed E-state index contributed by atoms with van der Waals surface area (Å²) in [6.07, 6.45) is 2.31. The minimum atomic E-state index is -0.215. The Bertz CT molecular complexity index is 943. The van der Waals surface area contributed by atoms with Crippen LogP contribution in [-0.4, -0.2) is 16.0 Å².